The molecule has 0 atom stereocenters. The molecule has 1 aliphatic rings. The molecular weight excluding hydrogens is 236 g/mol. The maximum atomic E-state index is 12.2. The van der Waals surface area contributed by atoms with Gasteiger partial charge in [0, 0.05) is 48.2 Å². The van der Waals surface area contributed by atoms with Crippen LogP contribution in [0.2, 0.25) is 0 Å². The van der Waals surface area contributed by atoms with E-state index in [9.17, 15) is 4.79 Å². The van der Waals surface area contributed by atoms with Crippen LogP contribution in [0.5, 0.6) is 0 Å². The molecule has 0 aliphatic carbocycles. The molecule has 1 aliphatic heterocycles. The van der Waals surface area contributed by atoms with Crippen LogP contribution in [0.3, 0.4) is 0 Å². The third-order valence-electron chi connectivity index (χ3n) is 4.19. The number of fused-ring (bicyclic) bond motifs is 2. The Morgan fingerprint density at radius 3 is 2.58 bits per heavy atom. The summed E-state index contributed by atoms with van der Waals surface area (Å²) in [5.74, 6) is 0.251. The molecule has 100 valence electrons. The highest BCUT2D eigenvalue weighted by Gasteiger charge is 2.21. The molecule has 3 heteroatoms. The molecule has 0 saturated heterocycles. The van der Waals surface area contributed by atoms with E-state index in [0.717, 1.165) is 36.3 Å². The number of hydrogen-bond acceptors (Lipinski definition) is 2. The zero-order chi connectivity index (χ0) is 13.6. The summed E-state index contributed by atoms with van der Waals surface area (Å²) in [7, 11) is 0. The summed E-state index contributed by atoms with van der Waals surface area (Å²) >= 11 is 0. The molecule has 0 fully saturated rings. The van der Waals surface area contributed by atoms with Gasteiger partial charge >= 0.3 is 0 Å². The predicted molar refractivity (Wildman–Crippen MR) is 77.5 cm³/mol. The maximum Gasteiger partial charge on any atom is 0.165 e. The van der Waals surface area contributed by atoms with Crippen molar-refractivity contribution in [3.05, 3.63) is 34.5 Å². The summed E-state index contributed by atoms with van der Waals surface area (Å²) in [6.45, 7) is 8.91. The zero-order valence-electron chi connectivity index (χ0n) is 11.8. The van der Waals surface area contributed by atoms with Gasteiger partial charge in [-0.05, 0) is 37.1 Å². The average molecular weight is 256 g/mol. The Labute approximate surface area is 113 Å². The number of nitrogens with one attached hydrogen (secondary N) is 1. The molecule has 2 heterocycles. The molecule has 0 bridgehead atoms. The van der Waals surface area contributed by atoms with Crippen molar-refractivity contribution in [2.24, 2.45) is 0 Å². The van der Waals surface area contributed by atoms with E-state index in [1.807, 2.05) is 6.92 Å². The first kappa shape index (κ1) is 12.4. The summed E-state index contributed by atoms with van der Waals surface area (Å²) in [5, 5.41) is 4.51. The van der Waals surface area contributed by atoms with Crippen LogP contribution in [0.1, 0.15) is 47.4 Å². The molecule has 3 nitrogen and oxygen atoms in total. The Bertz CT molecular complexity index is 667. The van der Waals surface area contributed by atoms with Gasteiger partial charge in [0.2, 0.25) is 0 Å². The first-order chi connectivity index (χ1) is 9.17. The highest BCUT2D eigenvalue weighted by atomic mass is 16.1. The van der Waals surface area contributed by atoms with E-state index < -0.39 is 0 Å². The molecule has 3 rings (SSSR count). The third kappa shape index (κ3) is 1.72. The quantitative estimate of drug-likeness (QED) is 0.856. The van der Waals surface area contributed by atoms with Crippen LogP contribution in [-0.4, -0.2) is 10.4 Å². The third-order valence-corrected chi connectivity index (χ3v) is 4.19. The van der Waals surface area contributed by atoms with Crippen LogP contribution in [0, 0.1) is 6.92 Å². The Morgan fingerprint density at radius 2 is 1.95 bits per heavy atom. The molecule has 0 unspecified atom stereocenters. The summed E-state index contributed by atoms with van der Waals surface area (Å²) in [5.41, 5.74) is 5.95. The van der Waals surface area contributed by atoms with Crippen LogP contribution in [0.25, 0.3) is 10.9 Å². The molecule has 2 aromatic rings. The first-order valence-electron chi connectivity index (χ1n) is 7.05. The first-order valence-corrected chi connectivity index (χ1v) is 7.05. The van der Waals surface area contributed by atoms with Crippen molar-refractivity contribution in [3.8, 4) is 0 Å². The predicted octanol–water partition coefficient (Wildman–Crippen LogP) is 3.17. The van der Waals surface area contributed by atoms with E-state index in [4.69, 9.17) is 0 Å². The van der Waals surface area contributed by atoms with Gasteiger partial charge in [0.15, 0.2) is 5.78 Å². The summed E-state index contributed by atoms with van der Waals surface area (Å²) in [4.78, 5) is 12.2. The normalized spacial score (nSPS) is 14.1. The van der Waals surface area contributed by atoms with Gasteiger partial charge in [-0.2, -0.15) is 0 Å². The second kappa shape index (κ2) is 4.49. The molecule has 19 heavy (non-hydrogen) atoms. The lowest BCUT2D eigenvalue weighted by Gasteiger charge is -2.05. The Hall–Kier alpha value is -1.61. The largest absolute Gasteiger partial charge is 0.344 e. The van der Waals surface area contributed by atoms with Crippen molar-refractivity contribution in [1.29, 1.82) is 0 Å². The minimum Gasteiger partial charge on any atom is -0.344 e. The van der Waals surface area contributed by atoms with E-state index in [0.29, 0.717) is 6.42 Å². The number of benzene rings is 1. The van der Waals surface area contributed by atoms with Gasteiger partial charge in [-0.1, -0.05) is 6.92 Å². The second-order valence-electron chi connectivity index (χ2n) is 5.22. The topological polar surface area (TPSA) is 34.0 Å². The van der Waals surface area contributed by atoms with Crippen molar-refractivity contribution in [2.45, 2.75) is 46.8 Å². The Balaban J connectivity index is 2.36. The van der Waals surface area contributed by atoms with Crippen LogP contribution in [0.15, 0.2) is 12.1 Å². The van der Waals surface area contributed by atoms with Crippen molar-refractivity contribution >= 4 is 16.7 Å². The summed E-state index contributed by atoms with van der Waals surface area (Å²) < 4.78 is 2.26. The average Bonchev–Trinajstić information content (AvgIpc) is 2.96. The fourth-order valence-electron chi connectivity index (χ4n) is 3.21. The summed E-state index contributed by atoms with van der Waals surface area (Å²) in [6.07, 6.45) is 0.568. The minimum absolute atomic E-state index is 0.251. The standard InChI is InChI=1S/C16H20N2O/c1-4-15(19)16-10(3)18(5-2)14-7-12-9-17-8-11(12)6-13(14)16/h6-7,17H,4-5,8-9H2,1-3H3. The van der Waals surface area contributed by atoms with E-state index >= 15 is 0 Å². The fourth-order valence-corrected chi connectivity index (χ4v) is 3.21. The van der Waals surface area contributed by atoms with Crippen molar-refractivity contribution in [2.75, 3.05) is 0 Å². The molecule has 0 saturated carbocycles. The second-order valence-corrected chi connectivity index (χ2v) is 5.22. The van der Waals surface area contributed by atoms with E-state index in [1.54, 1.807) is 0 Å². The van der Waals surface area contributed by atoms with E-state index in [-0.39, 0.29) is 5.78 Å². The number of carbonyl (C=O) groups is 1. The van der Waals surface area contributed by atoms with E-state index in [2.05, 4.69) is 35.9 Å². The lowest BCUT2D eigenvalue weighted by molar-refractivity contribution is 0.0989. The number of aryl methyl sites for hydroxylation is 1. The van der Waals surface area contributed by atoms with Crippen LogP contribution in [0.4, 0.5) is 0 Å². The minimum atomic E-state index is 0.251. The van der Waals surface area contributed by atoms with E-state index in [1.165, 1.54) is 16.6 Å². The van der Waals surface area contributed by atoms with Gasteiger partial charge in [0.1, 0.15) is 0 Å². The van der Waals surface area contributed by atoms with Crippen molar-refractivity contribution < 1.29 is 4.79 Å². The number of carbonyl (C=O) groups excluding carboxylic acids is 1. The molecule has 1 aromatic heterocycles. The lowest BCUT2D eigenvalue weighted by atomic mass is 10.0. The molecule has 0 amide bonds. The Morgan fingerprint density at radius 1 is 1.26 bits per heavy atom. The molecule has 1 aromatic carbocycles. The Kier molecular flexibility index (Phi) is 2.94. The van der Waals surface area contributed by atoms with Gasteiger partial charge in [-0.15, -0.1) is 0 Å². The van der Waals surface area contributed by atoms with Crippen LogP contribution in [-0.2, 0) is 19.6 Å². The van der Waals surface area contributed by atoms with Gasteiger partial charge in [0.05, 0.1) is 0 Å². The number of nitrogens with zero attached hydrogens (tertiary/aromatic N) is 1. The highest BCUT2D eigenvalue weighted by Crippen LogP contribution is 2.31. The molecule has 0 radical (unpaired) electrons. The molecule has 1 N–H and O–H groups in total. The summed E-state index contributed by atoms with van der Waals surface area (Å²) in [6, 6.07) is 4.47. The van der Waals surface area contributed by atoms with Crippen LogP contribution < -0.4 is 5.32 Å². The SMILES string of the molecule is CCC(=O)c1c(C)n(CC)c2cc3c(cc12)CNC3. The number of ketones is 1. The fraction of sp³-hybridized carbons (Fsp3) is 0.438. The maximum absolute atomic E-state index is 12.2. The highest BCUT2D eigenvalue weighted by molar-refractivity contribution is 6.09. The van der Waals surface area contributed by atoms with Gasteiger partial charge in [-0.3, -0.25) is 4.79 Å². The van der Waals surface area contributed by atoms with Gasteiger partial charge in [-0.25, -0.2) is 0 Å². The molecular formula is C16H20N2O. The number of aromatic nitrogens is 1. The smallest absolute Gasteiger partial charge is 0.165 e. The monoisotopic (exact) mass is 256 g/mol. The van der Waals surface area contributed by atoms with Gasteiger partial charge < -0.3 is 9.88 Å². The number of hydrogen-bond donors (Lipinski definition) is 1. The molecule has 0 spiro atoms. The zero-order valence-corrected chi connectivity index (χ0v) is 11.8. The lowest BCUT2D eigenvalue weighted by Crippen LogP contribution is -2.02. The van der Waals surface area contributed by atoms with Crippen LogP contribution >= 0.6 is 0 Å². The number of Topliss-reactive ketones (excluding diaryl/α,β-unsaturated/α-hetero) is 1. The van der Waals surface area contributed by atoms with Crippen molar-refractivity contribution in [3.63, 3.8) is 0 Å². The van der Waals surface area contributed by atoms with Crippen molar-refractivity contribution in [1.82, 2.24) is 9.88 Å². The number of rotatable bonds is 3. The van der Waals surface area contributed by atoms with Gasteiger partial charge in [0.25, 0.3) is 0 Å².